The van der Waals surface area contributed by atoms with Gasteiger partial charge in [-0.05, 0) is 86.8 Å². The number of nitrogens with zero attached hydrogens (tertiary/aromatic N) is 5. The van der Waals surface area contributed by atoms with E-state index >= 15 is 0 Å². The van der Waals surface area contributed by atoms with E-state index in [1.165, 1.54) is 4.90 Å². The molecule has 0 aliphatic carbocycles. The maximum Gasteiger partial charge on any atom is 0.265 e. The number of hydrogen-bond donors (Lipinski definition) is 5. The molecule has 3 saturated heterocycles. The molecule has 5 amide bonds. The summed E-state index contributed by atoms with van der Waals surface area (Å²) >= 11 is 1.58. The van der Waals surface area contributed by atoms with Gasteiger partial charge >= 0.3 is 0 Å². The number of amides is 5. The lowest BCUT2D eigenvalue weighted by Crippen LogP contribution is -2.57. The molecule has 66 heavy (non-hydrogen) atoms. The second-order valence-corrected chi connectivity index (χ2v) is 20.2. The molecule has 360 valence electrons. The lowest BCUT2D eigenvalue weighted by atomic mass is 9.85. The van der Waals surface area contributed by atoms with Crippen LogP contribution in [0.3, 0.4) is 0 Å². The molecule has 5 N–H and O–H groups in total. The number of β-amino-alcohol motifs (C(OH)–C–C–N with tert-alkyl or cyclic N) is 1. The summed E-state index contributed by atoms with van der Waals surface area (Å²) in [6.45, 7) is 17.7. The van der Waals surface area contributed by atoms with Gasteiger partial charge in [0, 0.05) is 88.9 Å². The van der Waals surface area contributed by atoms with E-state index in [9.17, 15) is 29.1 Å². The van der Waals surface area contributed by atoms with Crippen molar-refractivity contribution in [1.29, 1.82) is 0 Å². The van der Waals surface area contributed by atoms with E-state index in [1.807, 2.05) is 100 Å². The van der Waals surface area contributed by atoms with E-state index in [4.69, 9.17) is 0 Å². The predicted molar refractivity (Wildman–Crippen MR) is 260 cm³/mol. The number of hydrazine groups is 1. The van der Waals surface area contributed by atoms with E-state index in [1.54, 1.807) is 11.3 Å². The van der Waals surface area contributed by atoms with Gasteiger partial charge in [-0.1, -0.05) is 64.8 Å². The minimum Gasteiger partial charge on any atom is -0.391 e. The van der Waals surface area contributed by atoms with Gasteiger partial charge in [-0.25, -0.2) is 10.4 Å². The summed E-state index contributed by atoms with van der Waals surface area (Å²) < 4.78 is 0. The fourth-order valence-electron chi connectivity index (χ4n) is 9.31. The van der Waals surface area contributed by atoms with Crippen LogP contribution in [-0.4, -0.2) is 131 Å². The summed E-state index contributed by atoms with van der Waals surface area (Å²) in [5, 5.41) is 16.7. The van der Waals surface area contributed by atoms with E-state index < -0.39 is 23.6 Å². The quantitative estimate of drug-likeness (QED) is 0.0753. The van der Waals surface area contributed by atoms with Crippen molar-refractivity contribution in [3.05, 3.63) is 70.9 Å². The molecule has 3 fully saturated rings. The molecule has 0 saturated carbocycles. The monoisotopic (exact) mass is 928 g/mol. The highest BCUT2D eigenvalue weighted by molar-refractivity contribution is 7.13. The van der Waals surface area contributed by atoms with Gasteiger partial charge in [0.25, 0.3) is 5.91 Å². The van der Waals surface area contributed by atoms with Crippen molar-refractivity contribution in [2.45, 2.75) is 136 Å². The number of aryl methyl sites for hydroxylation is 1. The summed E-state index contributed by atoms with van der Waals surface area (Å²) in [6, 6.07) is 14.2. The number of aliphatic hydroxyl groups excluding tert-OH is 1. The molecule has 0 spiro atoms. The number of piperazine rings is 1. The number of aromatic nitrogens is 1. The Morgan fingerprint density at radius 2 is 1.53 bits per heavy atom. The van der Waals surface area contributed by atoms with Crippen molar-refractivity contribution in [3.63, 3.8) is 0 Å². The number of likely N-dealkylation sites (tertiary alicyclic amines) is 2. The lowest BCUT2D eigenvalue weighted by molar-refractivity contribution is -0.144. The van der Waals surface area contributed by atoms with Crippen LogP contribution in [0, 0.1) is 12.3 Å². The molecule has 0 unspecified atom stereocenters. The van der Waals surface area contributed by atoms with Crippen molar-refractivity contribution in [1.82, 2.24) is 41.2 Å². The molecule has 16 heteroatoms. The third-order valence-electron chi connectivity index (χ3n) is 13.3. The van der Waals surface area contributed by atoms with Crippen LogP contribution in [0.5, 0.6) is 0 Å². The maximum absolute atomic E-state index is 14.1. The van der Waals surface area contributed by atoms with Crippen LogP contribution in [0.2, 0.25) is 0 Å². The zero-order chi connectivity index (χ0) is 47.4. The molecule has 1 aromatic heterocycles. The molecule has 15 nitrogen and oxygen atoms in total. The second-order valence-electron chi connectivity index (χ2n) is 19.4. The first-order valence-corrected chi connectivity index (χ1v) is 25.0. The van der Waals surface area contributed by atoms with Crippen LogP contribution in [0.4, 0.5) is 5.69 Å². The van der Waals surface area contributed by atoms with Crippen molar-refractivity contribution in [2.24, 2.45) is 5.41 Å². The van der Waals surface area contributed by atoms with E-state index in [-0.39, 0.29) is 55.0 Å². The Kier molecular flexibility index (Phi) is 18.1. The molecule has 4 heterocycles. The number of carbonyl (C=O) groups is 5. The van der Waals surface area contributed by atoms with Crippen molar-refractivity contribution in [3.8, 4) is 10.4 Å². The molecular weight excluding hydrogens is 855 g/mol. The van der Waals surface area contributed by atoms with Crippen LogP contribution in [-0.2, 0) is 19.2 Å². The zero-order valence-corrected chi connectivity index (χ0v) is 40.8. The third kappa shape index (κ3) is 13.6. The number of anilines is 1. The Morgan fingerprint density at radius 1 is 0.864 bits per heavy atom. The second kappa shape index (κ2) is 23.7. The molecular formula is C50H73N9O6S. The number of rotatable bonds is 19. The average Bonchev–Trinajstić information content (AvgIpc) is 3.94. The smallest absolute Gasteiger partial charge is 0.265 e. The number of benzene rings is 2. The molecule has 3 aliphatic rings. The van der Waals surface area contributed by atoms with Gasteiger partial charge in [0.05, 0.1) is 28.2 Å². The van der Waals surface area contributed by atoms with Gasteiger partial charge in [-0.3, -0.25) is 34.3 Å². The maximum atomic E-state index is 14.1. The van der Waals surface area contributed by atoms with Crippen LogP contribution < -0.4 is 26.4 Å². The van der Waals surface area contributed by atoms with Gasteiger partial charge in [0.15, 0.2) is 0 Å². The standard InChI is InChI=1S/C50H73N9O6S/c1-7-24-52-55-47(63)38-18-20-39(21-19-38)56-27-29-57(30-28-56)40-22-25-58(26-23-40)44(62)13-11-9-8-10-12-43(61)54-46(50(4,5)6)49(65)59-32-41(60)31-42(59)48(64)53-34(2)36-14-16-37(17-15-36)45-35(3)51-33-66-45/h14-21,33-34,40-42,46,52,60H,7-13,22-32H2,1-6H3,(H,53,64)(H,54,61)(H,55,63)/t34-,41+,42-,46+/m0/s1. The molecule has 3 aliphatic heterocycles. The number of hydrogen-bond acceptors (Lipinski definition) is 11. The first-order valence-electron chi connectivity index (χ1n) is 24.1. The van der Waals surface area contributed by atoms with Gasteiger partial charge in [0.2, 0.25) is 23.6 Å². The topological polar surface area (TPSA) is 180 Å². The minimum atomic E-state index is -0.879. The Hall–Kier alpha value is -4.90. The summed E-state index contributed by atoms with van der Waals surface area (Å²) in [5.74, 6) is -0.879. The van der Waals surface area contributed by atoms with Crippen molar-refractivity contribution in [2.75, 3.05) is 57.3 Å². The number of aliphatic hydroxyl groups is 1. The normalized spacial score (nSPS) is 19.3. The van der Waals surface area contributed by atoms with E-state index in [0.29, 0.717) is 24.4 Å². The summed E-state index contributed by atoms with van der Waals surface area (Å²) in [7, 11) is 0. The summed E-state index contributed by atoms with van der Waals surface area (Å²) in [5.41, 5.74) is 11.6. The zero-order valence-electron chi connectivity index (χ0n) is 39.9. The Labute approximate surface area is 395 Å². The molecule has 4 atom stereocenters. The Morgan fingerprint density at radius 3 is 2.15 bits per heavy atom. The van der Waals surface area contributed by atoms with Gasteiger partial charge in [-0.2, -0.15) is 0 Å². The number of carbonyl (C=O) groups excluding carboxylic acids is 5. The number of nitrogens with one attached hydrogen (secondary N) is 4. The molecule has 0 radical (unpaired) electrons. The molecule has 0 bridgehead atoms. The van der Waals surface area contributed by atoms with Crippen molar-refractivity contribution >= 4 is 46.6 Å². The summed E-state index contributed by atoms with van der Waals surface area (Å²) in [4.78, 5) is 80.3. The minimum absolute atomic E-state index is 0.0172. The van der Waals surface area contributed by atoms with Crippen LogP contribution >= 0.6 is 11.3 Å². The van der Waals surface area contributed by atoms with Gasteiger partial charge in [0.1, 0.15) is 12.1 Å². The molecule has 2 aromatic carbocycles. The molecule has 6 rings (SSSR count). The van der Waals surface area contributed by atoms with E-state index in [0.717, 1.165) is 112 Å². The number of piperidine rings is 1. The van der Waals surface area contributed by atoms with E-state index in [2.05, 4.69) is 36.3 Å². The fourth-order valence-corrected chi connectivity index (χ4v) is 10.1. The van der Waals surface area contributed by atoms with Crippen LogP contribution in [0.1, 0.15) is 126 Å². The predicted octanol–water partition coefficient (Wildman–Crippen LogP) is 5.59. The molecule has 3 aromatic rings. The highest BCUT2D eigenvalue weighted by Crippen LogP contribution is 2.30. The Balaban J connectivity index is 0.864. The highest BCUT2D eigenvalue weighted by Gasteiger charge is 2.44. The number of unbranched alkanes of at least 4 members (excludes halogenated alkanes) is 3. The van der Waals surface area contributed by atoms with Crippen LogP contribution in [0.15, 0.2) is 54.0 Å². The van der Waals surface area contributed by atoms with Gasteiger partial charge in [-0.15, -0.1) is 11.3 Å². The lowest BCUT2D eigenvalue weighted by Gasteiger charge is -2.43. The first-order chi connectivity index (χ1) is 31.6. The third-order valence-corrected chi connectivity index (χ3v) is 14.3. The first kappa shape index (κ1) is 50.5. The highest BCUT2D eigenvalue weighted by atomic mass is 32.1. The van der Waals surface area contributed by atoms with Crippen LogP contribution in [0.25, 0.3) is 10.4 Å². The largest absolute Gasteiger partial charge is 0.391 e. The Bertz CT molecular complexity index is 2070. The number of thiazole rings is 1. The van der Waals surface area contributed by atoms with Gasteiger partial charge < -0.3 is 30.4 Å². The fraction of sp³-hybridized carbons (Fsp3) is 0.600. The van der Waals surface area contributed by atoms with Crippen molar-refractivity contribution < 1.29 is 29.1 Å². The summed E-state index contributed by atoms with van der Waals surface area (Å²) in [6.07, 6.45) is 5.96. The SMILES string of the molecule is CCCNNC(=O)c1ccc(N2CCN(C3CCN(C(=O)CCCCCCC(=O)N[C@H](C(=O)N4C[C@H](O)C[C@H]4C(=O)N[C@@H](C)c4ccc(-c5scnc5C)cc4)C(C)(C)C)CC3)CC2)cc1. The average molecular weight is 928 g/mol.